The Balaban J connectivity index is 2.05. The van der Waals surface area contributed by atoms with E-state index in [9.17, 15) is 29.7 Å². The number of hydrogen-bond acceptors (Lipinski definition) is 10. The zero-order valence-electron chi connectivity index (χ0n) is 19.8. The minimum absolute atomic E-state index is 0.123. The lowest BCUT2D eigenvalue weighted by atomic mass is 9.81. The van der Waals surface area contributed by atoms with E-state index in [1.165, 1.54) is 13.8 Å². The lowest BCUT2D eigenvalue weighted by molar-refractivity contribution is -0.214. The molecule has 0 amide bonds. The molecule has 3 rings (SSSR count). The number of nitrogens with zero attached hydrogens (tertiary/aromatic N) is 1. The number of ether oxygens (including phenoxy) is 3. The molecule has 3 aliphatic heterocycles. The van der Waals surface area contributed by atoms with Crippen LogP contribution in [0.3, 0.4) is 0 Å². The highest BCUT2D eigenvalue weighted by molar-refractivity contribution is 5.90. The van der Waals surface area contributed by atoms with Crippen molar-refractivity contribution >= 4 is 17.9 Å². The molecule has 0 saturated carbocycles. The van der Waals surface area contributed by atoms with Crippen LogP contribution in [0.5, 0.6) is 0 Å². The van der Waals surface area contributed by atoms with Crippen LogP contribution in [0.15, 0.2) is 11.6 Å². The van der Waals surface area contributed by atoms with Gasteiger partial charge >= 0.3 is 17.9 Å². The second-order valence-corrected chi connectivity index (χ2v) is 9.62. The van der Waals surface area contributed by atoms with E-state index in [0.29, 0.717) is 19.5 Å². The Morgan fingerprint density at radius 3 is 2.39 bits per heavy atom. The molecule has 10 heteroatoms. The first-order valence-corrected chi connectivity index (χ1v) is 11.5. The van der Waals surface area contributed by atoms with E-state index in [1.807, 2.05) is 6.08 Å². The Morgan fingerprint density at radius 1 is 1.12 bits per heavy atom. The molecule has 0 aromatic rings. The third kappa shape index (κ3) is 4.18. The molecule has 0 radical (unpaired) electrons. The lowest BCUT2D eigenvalue weighted by Gasteiger charge is -2.39. The fourth-order valence-corrected chi connectivity index (χ4v) is 4.90. The van der Waals surface area contributed by atoms with E-state index in [1.54, 1.807) is 20.8 Å². The third-order valence-corrected chi connectivity index (χ3v) is 7.49. The Hall–Kier alpha value is -2.01. The topological polar surface area (TPSA) is 143 Å². The summed E-state index contributed by atoms with van der Waals surface area (Å²) in [6.45, 7) is 8.73. The SMILES string of the molecule is CC[C@H](C)[C@]1(O)C(=O)O[C@@H]2CCN3CC=C(COC(=O)[C@](O)(C(C)C)[C@@H](C)OC(=O)[C@H]1O)[C@H]23. The predicted molar refractivity (Wildman–Crippen MR) is 115 cm³/mol. The highest BCUT2D eigenvalue weighted by atomic mass is 16.6. The van der Waals surface area contributed by atoms with Crippen LogP contribution in [0.25, 0.3) is 0 Å². The predicted octanol–water partition coefficient (Wildman–Crippen LogP) is -0.0738. The standard InChI is InChI=1S/C23H35NO9/c1-6-13(4)23(30)18(25)19(26)32-14(5)22(29,12(2)3)20(27)31-11-15-7-9-24-10-8-16(17(15)24)33-21(23)28/h7,12-14,16-18,25,29-30H,6,8-11H2,1-5H3/t13-,14+,16+,17+,18+,22-,23+/m0/s1. The van der Waals surface area contributed by atoms with E-state index < -0.39 is 59.3 Å². The van der Waals surface area contributed by atoms with Crippen LogP contribution in [-0.2, 0) is 28.6 Å². The van der Waals surface area contributed by atoms with Gasteiger partial charge in [-0.05, 0) is 30.8 Å². The van der Waals surface area contributed by atoms with Crippen LogP contribution in [0.4, 0.5) is 0 Å². The molecule has 10 nitrogen and oxygen atoms in total. The van der Waals surface area contributed by atoms with E-state index in [2.05, 4.69) is 4.90 Å². The monoisotopic (exact) mass is 469 g/mol. The smallest absolute Gasteiger partial charge is 0.342 e. The summed E-state index contributed by atoms with van der Waals surface area (Å²) < 4.78 is 16.3. The molecule has 0 aromatic carbocycles. The van der Waals surface area contributed by atoms with E-state index in [4.69, 9.17) is 14.2 Å². The van der Waals surface area contributed by atoms with Gasteiger partial charge in [0.15, 0.2) is 6.10 Å². The van der Waals surface area contributed by atoms with Crippen LogP contribution < -0.4 is 0 Å². The Bertz CT molecular complexity index is 827. The number of hydrogen-bond donors (Lipinski definition) is 3. The van der Waals surface area contributed by atoms with Crippen molar-refractivity contribution in [2.45, 2.75) is 83.0 Å². The summed E-state index contributed by atoms with van der Waals surface area (Å²) in [5.74, 6) is -4.97. The second kappa shape index (κ2) is 9.32. The van der Waals surface area contributed by atoms with Crippen LogP contribution in [-0.4, -0.2) is 93.4 Å². The number of cyclic esters (lactones) is 2. The molecule has 0 spiro atoms. The quantitative estimate of drug-likeness (QED) is 0.292. The van der Waals surface area contributed by atoms with Crippen LogP contribution >= 0.6 is 0 Å². The number of rotatable bonds is 3. The van der Waals surface area contributed by atoms with Crippen molar-refractivity contribution in [1.29, 1.82) is 0 Å². The first-order chi connectivity index (χ1) is 15.4. The van der Waals surface area contributed by atoms with Gasteiger partial charge in [0.05, 0.1) is 6.04 Å². The average molecular weight is 470 g/mol. The number of carbonyl (C=O) groups excluding carboxylic acids is 3. The normalized spacial score (nSPS) is 39.3. The van der Waals surface area contributed by atoms with Gasteiger partial charge in [0, 0.05) is 13.1 Å². The zero-order chi connectivity index (χ0) is 24.7. The molecule has 0 unspecified atom stereocenters. The number of esters is 3. The zero-order valence-corrected chi connectivity index (χ0v) is 19.8. The summed E-state index contributed by atoms with van der Waals surface area (Å²) in [4.78, 5) is 41.0. The maximum atomic E-state index is 13.2. The van der Waals surface area contributed by atoms with Crippen molar-refractivity contribution in [3.63, 3.8) is 0 Å². The summed E-state index contributed by atoms with van der Waals surface area (Å²) in [5, 5.41) is 33.3. The summed E-state index contributed by atoms with van der Waals surface area (Å²) >= 11 is 0. The highest BCUT2D eigenvalue weighted by Crippen LogP contribution is 2.36. The maximum absolute atomic E-state index is 13.2. The van der Waals surface area contributed by atoms with Gasteiger partial charge in [-0.15, -0.1) is 0 Å². The van der Waals surface area contributed by atoms with Crippen molar-refractivity contribution in [2.24, 2.45) is 11.8 Å². The fraction of sp³-hybridized carbons (Fsp3) is 0.783. The molecule has 33 heavy (non-hydrogen) atoms. The summed E-state index contributed by atoms with van der Waals surface area (Å²) in [7, 11) is 0. The van der Waals surface area contributed by atoms with Gasteiger partial charge in [-0.2, -0.15) is 0 Å². The molecule has 2 saturated heterocycles. The van der Waals surface area contributed by atoms with Crippen LogP contribution in [0, 0.1) is 11.8 Å². The number of aliphatic hydroxyl groups is 3. The number of carbonyl (C=O) groups is 3. The first-order valence-electron chi connectivity index (χ1n) is 11.5. The van der Waals surface area contributed by atoms with Gasteiger partial charge in [0.2, 0.25) is 11.2 Å². The molecule has 0 aliphatic carbocycles. The maximum Gasteiger partial charge on any atom is 0.342 e. The minimum Gasteiger partial charge on any atom is -0.459 e. The van der Waals surface area contributed by atoms with E-state index >= 15 is 0 Å². The Kier molecular flexibility index (Phi) is 7.24. The van der Waals surface area contributed by atoms with Crippen molar-refractivity contribution in [3.05, 3.63) is 11.6 Å². The van der Waals surface area contributed by atoms with Gasteiger partial charge in [-0.1, -0.05) is 40.2 Å². The average Bonchev–Trinajstić information content (AvgIpc) is 3.36. The van der Waals surface area contributed by atoms with E-state index in [-0.39, 0.29) is 19.1 Å². The Morgan fingerprint density at radius 2 is 1.79 bits per heavy atom. The highest BCUT2D eigenvalue weighted by Gasteiger charge is 2.57. The Labute approximate surface area is 193 Å². The molecule has 2 fully saturated rings. The largest absolute Gasteiger partial charge is 0.459 e. The molecule has 3 N–H and O–H groups in total. The van der Waals surface area contributed by atoms with E-state index in [0.717, 1.165) is 5.57 Å². The molecule has 0 aromatic heterocycles. The van der Waals surface area contributed by atoms with Gasteiger partial charge < -0.3 is 29.5 Å². The van der Waals surface area contributed by atoms with Crippen molar-refractivity contribution in [3.8, 4) is 0 Å². The molecular weight excluding hydrogens is 434 g/mol. The van der Waals surface area contributed by atoms with Gasteiger partial charge in [-0.25, -0.2) is 14.4 Å². The first kappa shape index (κ1) is 25.6. The van der Waals surface area contributed by atoms with Crippen molar-refractivity contribution in [1.82, 2.24) is 4.90 Å². The third-order valence-electron chi connectivity index (χ3n) is 7.49. The molecule has 3 aliphatic rings. The summed E-state index contributed by atoms with van der Waals surface area (Å²) in [6, 6.07) is -0.362. The van der Waals surface area contributed by atoms with Crippen LogP contribution in [0.2, 0.25) is 0 Å². The molecule has 7 atom stereocenters. The fourth-order valence-electron chi connectivity index (χ4n) is 4.90. The van der Waals surface area contributed by atoms with Gasteiger partial charge in [-0.3, -0.25) is 4.90 Å². The second-order valence-electron chi connectivity index (χ2n) is 9.62. The van der Waals surface area contributed by atoms with Crippen molar-refractivity contribution in [2.75, 3.05) is 19.7 Å². The summed E-state index contributed by atoms with van der Waals surface area (Å²) in [6.07, 6.45) is -1.74. The van der Waals surface area contributed by atoms with Crippen molar-refractivity contribution < 1.29 is 43.9 Å². The van der Waals surface area contributed by atoms with Gasteiger partial charge in [0.1, 0.15) is 18.8 Å². The molecule has 186 valence electrons. The van der Waals surface area contributed by atoms with Gasteiger partial charge in [0.25, 0.3) is 0 Å². The molecular formula is C23H35NO9. The van der Waals surface area contributed by atoms with Crippen LogP contribution in [0.1, 0.15) is 47.5 Å². The number of aliphatic hydroxyl groups excluding tert-OH is 1. The minimum atomic E-state index is -2.57. The summed E-state index contributed by atoms with van der Waals surface area (Å²) in [5.41, 5.74) is -4.05. The molecule has 0 bridgehead atoms. The molecule has 3 heterocycles. The lowest BCUT2D eigenvalue weighted by Crippen LogP contribution is -2.61.